The maximum atomic E-state index is 13.4. The van der Waals surface area contributed by atoms with Crippen LogP contribution in [0, 0.1) is 18.6 Å². The molecule has 1 atom stereocenters. The quantitative estimate of drug-likeness (QED) is 0.834. The summed E-state index contributed by atoms with van der Waals surface area (Å²) >= 11 is 0. The van der Waals surface area contributed by atoms with Gasteiger partial charge in [0.2, 0.25) is 15.9 Å². The molecular formula is C18H20F2N2O3S. The van der Waals surface area contributed by atoms with Gasteiger partial charge < -0.3 is 5.32 Å². The fourth-order valence-corrected chi connectivity index (χ4v) is 4.05. The maximum absolute atomic E-state index is 13.4. The van der Waals surface area contributed by atoms with Crippen LogP contribution in [0.1, 0.15) is 19.4 Å². The molecule has 0 heterocycles. The minimum atomic E-state index is -4.17. The van der Waals surface area contributed by atoms with E-state index in [4.69, 9.17) is 0 Å². The fraction of sp³-hybridized carbons (Fsp3) is 0.278. The van der Waals surface area contributed by atoms with Crippen molar-refractivity contribution in [3.8, 4) is 0 Å². The zero-order valence-corrected chi connectivity index (χ0v) is 15.5. The minimum Gasteiger partial charge on any atom is -0.325 e. The molecule has 0 aliphatic carbocycles. The lowest BCUT2D eigenvalue weighted by molar-refractivity contribution is -0.119. The number of halogens is 2. The van der Waals surface area contributed by atoms with Crippen molar-refractivity contribution in [3.05, 3.63) is 59.7 Å². The monoisotopic (exact) mass is 382 g/mol. The summed E-state index contributed by atoms with van der Waals surface area (Å²) < 4.78 is 52.9. The first-order valence-corrected chi connectivity index (χ1v) is 9.45. The number of nitrogens with zero attached hydrogens (tertiary/aromatic N) is 1. The number of rotatable bonds is 6. The molecule has 0 spiro atoms. The van der Waals surface area contributed by atoms with E-state index in [9.17, 15) is 22.0 Å². The summed E-state index contributed by atoms with van der Waals surface area (Å²) in [5, 5.41) is 2.65. The number of carbonyl (C=O) groups is 1. The van der Waals surface area contributed by atoms with Crippen LogP contribution in [0.2, 0.25) is 0 Å². The van der Waals surface area contributed by atoms with E-state index in [1.165, 1.54) is 6.92 Å². The standard InChI is InChI=1S/C18H20F2N2O3S/c1-4-22(26(24,25)15-9-10-16(19)17(20)11-15)13(3)18(23)21-14-7-5-12(2)6-8-14/h5-11,13H,4H2,1-3H3,(H,21,23)/t13-/m1/s1. The third kappa shape index (κ3) is 4.25. The summed E-state index contributed by atoms with van der Waals surface area (Å²) in [7, 11) is -4.17. The van der Waals surface area contributed by atoms with Gasteiger partial charge in [-0.3, -0.25) is 4.79 Å². The van der Waals surface area contributed by atoms with Crippen LogP contribution < -0.4 is 5.32 Å². The SMILES string of the molecule is CCN([C@H](C)C(=O)Nc1ccc(C)cc1)S(=O)(=O)c1ccc(F)c(F)c1. The molecule has 0 aliphatic rings. The van der Waals surface area contributed by atoms with Gasteiger partial charge in [-0.05, 0) is 44.2 Å². The highest BCUT2D eigenvalue weighted by molar-refractivity contribution is 7.89. The van der Waals surface area contributed by atoms with Crippen molar-refractivity contribution in [2.24, 2.45) is 0 Å². The molecule has 0 fully saturated rings. The molecule has 2 rings (SSSR count). The van der Waals surface area contributed by atoms with E-state index in [0.717, 1.165) is 22.0 Å². The zero-order valence-electron chi connectivity index (χ0n) is 14.7. The maximum Gasteiger partial charge on any atom is 0.243 e. The van der Waals surface area contributed by atoms with Gasteiger partial charge in [-0.15, -0.1) is 0 Å². The Morgan fingerprint density at radius 2 is 1.73 bits per heavy atom. The lowest BCUT2D eigenvalue weighted by Gasteiger charge is -2.26. The van der Waals surface area contributed by atoms with E-state index in [2.05, 4.69) is 5.32 Å². The number of amides is 1. The largest absolute Gasteiger partial charge is 0.325 e. The molecular weight excluding hydrogens is 362 g/mol. The normalized spacial score (nSPS) is 12.8. The highest BCUT2D eigenvalue weighted by atomic mass is 32.2. The molecule has 1 N–H and O–H groups in total. The molecule has 1 amide bonds. The second-order valence-corrected chi connectivity index (χ2v) is 7.71. The average Bonchev–Trinajstić information content (AvgIpc) is 2.59. The van der Waals surface area contributed by atoms with Crippen LogP contribution in [-0.4, -0.2) is 31.2 Å². The Hall–Kier alpha value is -2.32. The summed E-state index contributed by atoms with van der Waals surface area (Å²) in [5.41, 5.74) is 1.56. The minimum absolute atomic E-state index is 0.0101. The number of hydrogen-bond donors (Lipinski definition) is 1. The molecule has 26 heavy (non-hydrogen) atoms. The second-order valence-electron chi connectivity index (χ2n) is 5.82. The number of carbonyl (C=O) groups excluding carboxylic acids is 1. The Bertz CT molecular complexity index is 899. The van der Waals surface area contributed by atoms with E-state index >= 15 is 0 Å². The summed E-state index contributed by atoms with van der Waals surface area (Å²) in [6.45, 7) is 4.89. The number of sulfonamides is 1. The van der Waals surface area contributed by atoms with Gasteiger partial charge in [-0.25, -0.2) is 17.2 Å². The number of benzene rings is 2. The van der Waals surface area contributed by atoms with E-state index in [1.54, 1.807) is 19.1 Å². The van der Waals surface area contributed by atoms with Crippen molar-refractivity contribution in [2.75, 3.05) is 11.9 Å². The average molecular weight is 382 g/mol. The third-order valence-corrected chi connectivity index (χ3v) is 5.98. The van der Waals surface area contributed by atoms with E-state index < -0.39 is 38.5 Å². The van der Waals surface area contributed by atoms with Crippen LogP contribution in [-0.2, 0) is 14.8 Å². The molecule has 2 aromatic rings. The summed E-state index contributed by atoms with van der Waals surface area (Å²) in [4.78, 5) is 12.0. The highest BCUT2D eigenvalue weighted by Gasteiger charge is 2.32. The second kappa shape index (κ2) is 7.92. The van der Waals surface area contributed by atoms with Crippen LogP contribution in [0.4, 0.5) is 14.5 Å². The van der Waals surface area contributed by atoms with E-state index in [0.29, 0.717) is 11.8 Å². The first-order chi connectivity index (χ1) is 12.2. The van der Waals surface area contributed by atoms with Gasteiger partial charge in [0, 0.05) is 12.2 Å². The van der Waals surface area contributed by atoms with Crippen LogP contribution in [0.15, 0.2) is 47.4 Å². The fourth-order valence-electron chi connectivity index (χ4n) is 2.44. The van der Waals surface area contributed by atoms with Crippen molar-refractivity contribution >= 4 is 21.6 Å². The molecule has 0 radical (unpaired) electrons. The molecule has 0 aromatic heterocycles. The molecule has 140 valence electrons. The predicted molar refractivity (Wildman–Crippen MR) is 95.2 cm³/mol. The highest BCUT2D eigenvalue weighted by Crippen LogP contribution is 2.21. The number of nitrogens with one attached hydrogen (secondary N) is 1. The summed E-state index contributed by atoms with van der Waals surface area (Å²) in [5.74, 6) is -2.93. The van der Waals surface area contributed by atoms with Gasteiger partial charge in [-0.2, -0.15) is 4.31 Å². The number of hydrogen-bond acceptors (Lipinski definition) is 3. The van der Waals surface area contributed by atoms with Crippen molar-refractivity contribution in [3.63, 3.8) is 0 Å². The number of anilines is 1. The number of aryl methyl sites for hydroxylation is 1. The van der Waals surface area contributed by atoms with E-state index in [-0.39, 0.29) is 6.54 Å². The van der Waals surface area contributed by atoms with E-state index in [1.807, 2.05) is 19.1 Å². The Morgan fingerprint density at radius 1 is 1.12 bits per heavy atom. The zero-order chi connectivity index (χ0) is 19.5. The first kappa shape index (κ1) is 20.0. The first-order valence-electron chi connectivity index (χ1n) is 8.01. The topological polar surface area (TPSA) is 66.5 Å². The molecule has 0 aliphatic heterocycles. The Labute approximate surface area is 151 Å². The van der Waals surface area contributed by atoms with Crippen molar-refractivity contribution in [2.45, 2.75) is 31.7 Å². The van der Waals surface area contributed by atoms with Crippen molar-refractivity contribution in [1.82, 2.24) is 4.31 Å². The van der Waals surface area contributed by atoms with Crippen LogP contribution in [0.3, 0.4) is 0 Å². The Balaban J connectivity index is 2.25. The lowest BCUT2D eigenvalue weighted by Crippen LogP contribution is -2.45. The van der Waals surface area contributed by atoms with Crippen molar-refractivity contribution in [1.29, 1.82) is 0 Å². The molecule has 8 heteroatoms. The third-order valence-electron chi connectivity index (χ3n) is 3.94. The molecule has 0 unspecified atom stereocenters. The van der Waals surface area contributed by atoms with Gasteiger partial charge in [0.05, 0.1) is 4.90 Å². The van der Waals surface area contributed by atoms with Gasteiger partial charge in [0.15, 0.2) is 11.6 Å². The van der Waals surface area contributed by atoms with Gasteiger partial charge >= 0.3 is 0 Å². The lowest BCUT2D eigenvalue weighted by atomic mass is 10.2. The van der Waals surface area contributed by atoms with Crippen LogP contribution in [0.25, 0.3) is 0 Å². The smallest absolute Gasteiger partial charge is 0.243 e. The summed E-state index contributed by atoms with van der Waals surface area (Å²) in [6, 6.07) is 8.33. The molecule has 2 aromatic carbocycles. The van der Waals surface area contributed by atoms with Gasteiger partial charge in [0.1, 0.15) is 6.04 Å². The predicted octanol–water partition coefficient (Wildman–Crippen LogP) is 3.31. The number of likely N-dealkylation sites (N-methyl/N-ethyl adjacent to an activating group) is 1. The molecule has 0 saturated carbocycles. The van der Waals surface area contributed by atoms with Crippen LogP contribution in [0.5, 0.6) is 0 Å². The Morgan fingerprint density at radius 3 is 2.27 bits per heavy atom. The molecule has 0 bridgehead atoms. The summed E-state index contributed by atoms with van der Waals surface area (Å²) in [6.07, 6.45) is 0. The molecule has 5 nitrogen and oxygen atoms in total. The Kier molecular flexibility index (Phi) is 6.09. The van der Waals surface area contributed by atoms with Gasteiger partial charge in [-0.1, -0.05) is 24.6 Å². The van der Waals surface area contributed by atoms with Crippen LogP contribution >= 0.6 is 0 Å². The molecule has 0 saturated heterocycles. The van der Waals surface area contributed by atoms with Crippen molar-refractivity contribution < 1.29 is 22.0 Å². The van der Waals surface area contributed by atoms with Gasteiger partial charge in [0.25, 0.3) is 0 Å².